The highest BCUT2D eigenvalue weighted by Crippen LogP contribution is 2.06. The molecule has 66 valence electrons. The van der Waals surface area contributed by atoms with Crippen molar-refractivity contribution >= 4 is 0 Å². The zero-order valence-electron chi connectivity index (χ0n) is 8.27. The van der Waals surface area contributed by atoms with Crippen LogP contribution in [0.4, 0.5) is 0 Å². The van der Waals surface area contributed by atoms with E-state index in [1.54, 1.807) is 0 Å². The Hall–Kier alpha value is -0.300. The summed E-state index contributed by atoms with van der Waals surface area (Å²) in [6.07, 6.45) is 3.17. The molecule has 0 atom stereocenters. The van der Waals surface area contributed by atoms with E-state index in [2.05, 4.69) is 27.4 Å². The highest BCUT2D eigenvalue weighted by Gasteiger charge is 2.18. The minimum Gasteiger partial charge on any atom is -0.324 e. The smallest absolute Gasteiger partial charge is 0.0821 e. The van der Waals surface area contributed by atoms with Crippen molar-refractivity contribution < 1.29 is 4.48 Å². The Bertz CT molecular complexity index is 95.2. The van der Waals surface area contributed by atoms with Crippen LogP contribution in [0.2, 0.25) is 0 Å². The third kappa shape index (κ3) is 3.06. The van der Waals surface area contributed by atoms with E-state index in [0.29, 0.717) is 0 Å². The van der Waals surface area contributed by atoms with Gasteiger partial charge in [-0.25, -0.2) is 0 Å². The maximum atomic E-state index is 3.76. The molecule has 0 bridgehead atoms. The van der Waals surface area contributed by atoms with Gasteiger partial charge >= 0.3 is 0 Å². The predicted molar refractivity (Wildman–Crippen MR) is 51.6 cm³/mol. The molecule has 0 radical (unpaired) electrons. The Labute approximate surface area is 71.3 Å². The molecule has 0 N–H and O–H groups in total. The number of quaternary nitrogens is 1. The van der Waals surface area contributed by atoms with Crippen LogP contribution in [0.5, 0.6) is 0 Å². The minimum atomic E-state index is 1.15. The van der Waals surface area contributed by atoms with E-state index < -0.39 is 0 Å². The van der Waals surface area contributed by atoms with Crippen LogP contribution in [0.15, 0.2) is 12.7 Å². The Morgan fingerprint density at radius 1 is 1.09 bits per heavy atom. The van der Waals surface area contributed by atoms with E-state index in [1.165, 1.54) is 30.7 Å². The van der Waals surface area contributed by atoms with Gasteiger partial charge in [-0.05, 0) is 20.8 Å². The summed E-state index contributed by atoms with van der Waals surface area (Å²) in [6, 6.07) is 0. The molecular weight excluding hydrogens is 134 g/mol. The van der Waals surface area contributed by atoms with E-state index in [1.807, 2.05) is 6.08 Å². The molecule has 0 aromatic rings. The molecule has 11 heavy (non-hydrogen) atoms. The van der Waals surface area contributed by atoms with Crippen LogP contribution in [0.3, 0.4) is 0 Å². The molecule has 0 aromatic carbocycles. The summed E-state index contributed by atoms with van der Waals surface area (Å²) in [6.45, 7) is 15.6. The second-order valence-electron chi connectivity index (χ2n) is 3.09. The summed E-state index contributed by atoms with van der Waals surface area (Å²) < 4.78 is 1.24. The fourth-order valence-electron chi connectivity index (χ4n) is 1.51. The van der Waals surface area contributed by atoms with Gasteiger partial charge in [-0.2, -0.15) is 0 Å². The van der Waals surface area contributed by atoms with Crippen LogP contribution in [0.25, 0.3) is 0 Å². The van der Waals surface area contributed by atoms with Gasteiger partial charge in [0.2, 0.25) is 0 Å². The number of nitrogens with zero attached hydrogens (tertiary/aromatic N) is 1. The normalized spacial score (nSPS) is 11.5. The van der Waals surface area contributed by atoms with Gasteiger partial charge in [0.05, 0.1) is 26.2 Å². The van der Waals surface area contributed by atoms with E-state index in [0.717, 1.165) is 6.42 Å². The lowest BCUT2D eigenvalue weighted by atomic mass is 10.3. The summed E-state index contributed by atoms with van der Waals surface area (Å²) in [4.78, 5) is 0. The van der Waals surface area contributed by atoms with Gasteiger partial charge in [0, 0.05) is 6.42 Å². The van der Waals surface area contributed by atoms with Crippen molar-refractivity contribution in [3.8, 4) is 0 Å². The zero-order chi connectivity index (χ0) is 8.74. The summed E-state index contributed by atoms with van der Waals surface area (Å²) in [5.41, 5.74) is 0. The van der Waals surface area contributed by atoms with Gasteiger partial charge in [0.1, 0.15) is 0 Å². The molecule has 1 heteroatoms. The summed E-state index contributed by atoms with van der Waals surface area (Å²) in [5.74, 6) is 0. The number of rotatable bonds is 6. The van der Waals surface area contributed by atoms with Crippen molar-refractivity contribution in [1.82, 2.24) is 0 Å². The van der Waals surface area contributed by atoms with Crippen molar-refractivity contribution in [3.05, 3.63) is 12.7 Å². The Morgan fingerprint density at radius 2 is 1.55 bits per heavy atom. The molecule has 0 rings (SSSR count). The maximum absolute atomic E-state index is 3.76. The van der Waals surface area contributed by atoms with Crippen LogP contribution in [0.1, 0.15) is 27.2 Å². The van der Waals surface area contributed by atoms with Crippen molar-refractivity contribution in [2.75, 3.05) is 26.2 Å². The molecule has 0 spiro atoms. The van der Waals surface area contributed by atoms with Gasteiger partial charge in [0.15, 0.2) is 0 Å². The first-order valence-electron chi connectivity index (χ1n) is 4.70. The molecule has 0 saturated heterocycles. The second-order valence-corrected chi connectivity index (χ2v) is 3.09. The van der Waals surface area contributed by atoms with Crippen LogP contribution in [0, 0.1) is 0 Å². The van der Waals surface area contributed by atoms with Gasteiger partial charge in [0.25, 0.3) is 0 Å². The highest BCUT2D eigenvalue weighted by atomic mass is 15.3. The van der Waals surface area contributed by atoms with E-state index >= 15 is 0 Å². The molecule has 0 saturated carbocycles. The topological polar surface area (TPSA) is 0 Å². The first-order chi connectivity index (χ1) is 5.24. The van der Waals surface area contributed by atoms with E-state index in [9.17, 15) is 0 Å². The van der Waals surface area contributed by atoms with Crippen LogP contribution < -0.4 is 0 Å². The van der Waals surface area contributed by atoms with Crippen molar-refractivity contribution in [2.45, 2.75) is 27.2 Å². The lowest BCUT2D eigenvalue weighted by molar-refractivity contribution is -0.922. The van der Waals surface area contributed by atoms with Crippen LogP contribution in [-0.4, -0.2) is 30.7 Å². The maximum Gasteiger partial charge on any atom is 0.0821 e. The standard InChI is InChI=1S/C10H22N/c1-5-9-10-11(6-2,7-3)8-4/h5H,1,6-10H2,2-4H3/q+1. The third-order valence-electron chi connectivity index (χ3n) is 2.82. The Kier molecular flexibility index (Phi) is 5.22. The first kappa shape index (κ1) is 10.7. The van der Waals surface area contributed by atoms with Crippen molar-refractivity contribution in [1.29, 1.82) is 0 Å². The minimum absolute atomic E-state index is 1.15. The molecule has 0 heterocycles. The zero-order valence-corrected chi connectivity index (χ0v) is 8.27. The fourth-order valence-corrected chi connectivity index (χ4v) is 1.51. The molecule has 0 amide bonds. The monoisotopic (exact) mass is 156 g/mol. The molecular formula is C10H22N+. The van der Waals surface area contributed by atoms with Crippen LogP contribution in [-0.2, 0) is 0 Å². The molecule has 0 fully saturated rings. The van der Waals surface area contributed by atoms with Crippen LogP contribution >= 0.6 is 0 Å². The summed E-state index contributed by atoms with van der Waals surface area (Å²) in [5, 5.41) is 0. The number of hydrogen-bond acceptors (Lipinski definition) is 0. The lowest BCUT2D eigenvalue weighted by Gasteiger charge is -2.35. The van der Waals surface area contributed by atoms with E-state index in [-0.39, 0.29) is 0 Å². The lowest BCUT2D eigenvalue weighted by Crippen LogP contribution is -2.47. The van der Waals surface area contributed by atoms with Gasteiger partial charge in [-0.15, -0.1) is 6.58 Å². The molecule has 1 nitrogen and oxygen atoms in total. The average molecular weight is 156 g/mol. The first-order valence-corrected chi connectivity index (χ1v) is 4.70. The van der Waals surface area contributed by atoms with Crippen molar-refractivity contribution in [2.24, 2.45) is 0 Å². The SMILES string of the molecule is C=CCC[N+](CC)(CC)CC. The molecule has 0 aliphatic carbocycles. The summed E-state index contributed by atoms with van der Waals surface area (Å²) in [7, 11) is 0. The molecule has 0 unspecified atom stereocenters. The fraction of sp³-hybridized carbons (Fsp3) is 0.800. The largest absolute Gasteiger partial charge is 0.324 e. The van der Waals surface area contributed by atoms with Gasteiger partial charge in [-0.1, -0.05) is 6.08 Å². The van der Waals surface area contributed by atoms with Gasteiger partial charge in [-0.3, -0.25) is 0 Å². The third-order valence-corrected chi connectivity index (χ3v) is 2.82. The van der Waals surface area contributed by atoms with E-state index in [4.69, 9.17) is 0 Å². The second kappa shape index (κ2) is 5.36. The highest BCUT2D eigenvalue weighted by molar-refractivity contribution is 4.65. The Balaban J connectivity index is 3.93. The average Bonchev–Trinajstić information content (AvgIpc) is 2.08. The molecule has 0 aliphatic heterocycles. The molecule has 0 aliphatic rings. The summed E-state index contributed by atoms with van der Waals surface area (Å²) >= 11 is 0. The Morgan fingerprint density at radius 3 is 1.82 bits per heavy atom. The molecule has 0 aromatic heterocycles. The quantitative estimate of drug-likeness (QED) is 0.409. The number of hydrogen-bond donors (Lipinski definition) is 0. The van der Waals surface area contributed by atoms with Gasteiger partial charge < -0.3 is 4.48 Å². The van der Waals surface area contributed by atoms with Crippen molar-refractivity contribution in [3.63, 3.8) is 0 Å². The predicted octanol–water partition coefficient (Wildman–Crippen LogP) is 2.44.